The molecule has 0 saturated heterocycles. The minimum Gasteiger partial charge on any atom is -0.467 e. The van der Waals surface area contributed by atoms with E-state index in [0.717, 1.165) is 5.69 Å². The first-order chi connectivity index (χ1) is 7.49. The Labute approximate surface area is 95.6 Å². The number of hydrogen-bond acceptors (Lipinski definition) is 4. The molecule has 2 N–H and O–H groups in total. The maximum absolute atomic E-state index is 11.7. The lowest BCUT2D eigenvalue weighted by atomic mass is 10.0. The Kier molecular flexibility index (Phi) is 4.06. The lowest BCUT2D eigenvalue weighted by molar-refractivity contribution is -0.146. The summed E-state index contributed by atoms with van der Waals surface area (Å²) in [5.74, 6) is -0.144. The zero-order chi connectivity index (χ0) is 12.3. The molecule has 1 aromatic rings. The van der Waals surface area contributed by atoms with Crippen LogP contribution in [0.5, 0.6) is 0 Å². The van der Waals surface area contributed by atoms with Crippen molar-refractivity contribution in [1.29, 1.82) is 0 Å². The molecule has 2 atom stereocenters. The first-order valence-corrected chi connectivity index (χ1v) is 5.34. The summed E-state index contributed by atoms with van der Waals surface area (Å²) in [5, 5.41) is 0. The van der Waals surface area contributed by atoms with Gasteiger partial charge in [-0.25, -0.2) is 9.78 Å². The number of nitrogens with two attached hydrogens (primary N) is 1. The minimum absolute atomic E-state index is 0.124. The number of carbonyl (C=O) groups excluding carboxylic acids is 1. The van der Waals surface area contributed by atoms with Crippen molar-refractivity contribution in [2.45, 2.75) is 32.9 Å². The number of carbonyl (C=O) groups is 1. The summed E-state index contributed by atoms with van der Waals surface area (Å²) in [6.07, 6.45) is 3.31. The summed E-state index contributed by atoms with van der Waals surface area (Å²) in [5.41, 5.74) is 6.66. The summed E-state index contributed by atoms with van der Waals surface area (Å²) >= 11 is 0. The largest absolute Gasteiger partial charge is 0.467 e. The van der Waals surface area contributed by atoms with Crippen LogP contribution in [0.4, 0.5) is 0 Å². The predicted octanol–water partition coefficient (Wildman–Crippen LogP) is 1.27. The molecule has 5 heteroatoms. The third-order valence-corrected chi connectivity index (χ3v) is 2.54. The molecule has 0 fully saturated rings. The van der Waals surface area contributed by atoms with Crippen LogP contribution in [0.25, 0.3) is 0 Å². The fourth-order valence-corrected chi connectivity index (χ4v) is 1.73. The van der Waals surface area contributed by atoms with E-state index in [9.17, 15) is 4.79 Å². The van der Waals surface area contributed by atoms with Crippen LogP contribution < -0.4 is 5.73 Å². The molecular weight excluding hydrogens is 206 g/mol. The van der Waals surface area contributed by atoms with E-state index in [0.29, 0.717) is 0 Å². The van der Waals surface area contributed by atoms with Crippen LogP contribution in [0.15, 0.2) is 12.5 Å². The smallest absolute Gasteiger partial charge is 0.329 e. The summed E-state index contributed by atoms with van der Waals surface area (Å²) in [6.45, 7) is 5.79. The quantitative estimate of drug-likeness (QED) is 0.783. The molecule has 1 rings (SSSR count). The number of nitrogens with zero attached hydrogens (tertiary/aromatic N) is 2. The van der Waals surface area contributed by atoms with E-state index in [1.165, 1.54) is 7.11 Å². The van der Waals surface area contributed by atoms with E-state index < -0.39 is 0 Å². The van der Waals surface area contributed by atoms with Crippen LogP contribution in [0.3, 0.4) is 0 Å². The Balaban J connectivity index is 3.11. The van der Waals surface area contributed by atoms with Crippen LogP contribution in [-0.2, 0) is 9.53 Å². The molecule has 1 heterocycles. The van der Waals surface area contributed by atoms with Gasteiger partial charge in [-0.1, -0.05) is 13.8 Å². The van der Waals surface area contributed by atoms with Gasteiger partial charge in [0, 0.05) is 12.2 Å². The zero-order valence-electron chi connectivity index (χ0n) is 10.2. The molecule has 16 heavy (non-hydrogen) atoms. The first kappa shape index (κ1) is 12.7. The van der Waals surface area contributed by atoms with Gasteiger partial charge in [0.05, 0.1) is 19.1 Å². The van der Waals surface area contributed by atoms with Crippen molar-refractivity contribution in [3.05, 3.63) is 18.2 Å². The van der Waals surface area contributed by atoms with Gasteiger partial charge in [0.1, 0.15) is 6.04 Å². The van der Waals surface area contributed by atoms with Crippen LogP contribution >= 0.6 is 0 Å². The Morgan fingerprint density at radius 2 is 2.12 bits per heavy atom. The van der Waals surface area contributed by atoms with E-state index in [1.54, 1.807) is 17.1 Å². The average Bonchev–Trinajstić information content (AvgIpc) is 2.66. The number of rotatable bonds is 4. The molecule has 0 aromatic carbocycles. The third kappa shape index (κ3) is 2.41. The lowest BCUT2D eigenvalue weighted by Gasteiger charge is -2.23. The van der Waals surface area contributed by atoms with Crippen molar-refractivity contribution in [2.24, 2.45) is 11.7 Å². The Hall–Kier alpha value is -1.36. The highest BCUT2D eigenvalue weighted by Gasteiger charge is 2.27. The molecule has 0 aliphatic rings. The van der Waals surface area contributed by atoms with E-state index in [-0.39, 0.29) is 24.0 Å². The van der Waals surface area contributed by atoms with E-state index >= 15 is 0 Å². The van der Waals surface area contributed by atoms with Gasteiger partial charge in [-0.3, -0.25) is 0 Å². The molecule has 0 aliphatic heterocycles. The zero-order valence-corrected chi connectivity index (χ0v) is 10.2. The SMILES string of the molecule is COC(=O)C(C(C)C)n1cncc1[C@H](C)N. The number of imidazole rings is 1. The maximum atomic E-state index is 11.7. The predicted molar refractivity (Wildman–Crippen MR) is 60.7 cm³/mol. The van der Waals surface area contributed by atoms with Gasteiger partial charge in [0.2, 0.25) is 0 Å². The first-order valence-electron chi connectivity index (χ1n) is 5.34. The highest BCUT2D eigenvalue weighted by molar-refractivity contribution is 5.74. The summed E-state index contributed by atoms with van der Waals surface area (Å²) < 4.78 is 6.60. The molecule has 90 valence electrons. The van der Waals surface area contributed by atoms with Gasteiger partial charge < -0.3 is 15.0 Å². The van der Waals surface area contributed by atoms with Crippen LogP contribution in [0, 0.1) is 5.92 Å². The van der Waals surface area contributed by atoms with Crippen molar-refractivity contribution in [1.82, 2.24) is 9.55 Å². The topological polar surface area (TPSA) is 70.1 Å². The molecule has 0 spiro atoms. The molecule has 0 amide bonds. The molecular formula is C11H19N3O2. The lowest BCUT2D eigenvalue weighted by Crippen LogP contribution is -2.28. The Morgan fingerprint density at radius 1 is 1.50 bits per heavy atom. The van der Waals surface area contributed by atoms with Gasteiger partial charge >= 0.3 is 5.97 Å². The van der Waals surface area contributed by atoms with Gasteiger partial charge in [0.25, 0.3) is 0 Å². The van der Waals surface area contributed by atoms with Crippen molar-refractivity contribution in [2.75, 3.05) is 7.11 Å². The number of methoxy groups -OCH3 is 1. The number of aromatic nitrogens is 2. The number of ether oxygens (including phenoxy) is 1. The highest BCUT2D eigenvalue weighted by atomic mass is 16.5. The van der Waals surface area contributed by atoms with Crippen molar-refractivity contribution >= 4 is 5.97 Å². The molecule has 1 unspecified atom stereocenters. The van der Waals surface area contributed by atoms with E-state index in [1.807, 2.05) is 20.8 Å². The van der Waals surface area contributed by atoms with Crippen LogP contribution in [0.1, 0.15) is 38.5 Å². The molecule has 0 aliphatic carbocycles. The minimum atomic E-state index is -0.367. The second-order valence-corrected chi connectivity index (χ2v) is 4.23. The average molecular weight is 225 g/mol. The summed E-state index contributed by atoms with van der Waals surface area (Å²) in [4.78, 5) is 15.8. The van der Waals surface area contributed by atoms with Crippen molar-refractivity contribution < 1.29 is 9.53 Å². The second-order valence-electron chi connectivity index (χ2n) is 4.23. The second kappa shape index (κ2) is 5.12. The van der Waals surface area contributed by atoms with Crippen LogP contribution in [0.2, 0.25) is 0 Å². The fraction of sp³-hybridized carbons (Fsp3) is 0.636. The van der Waals surface area contributed by atoms with E-state index in [2.05, 4.69) is 4.98 Å². The summed E-state index contributed by atoms with van der Waals surface area (Å²) in [7, 11) is 1.39. The number of esters is 1. The van der Waals surface area contributed by atoms with Gasteiger partial charge in [-0.15, -0.1) is 0 Å². The van der Waals surface area contributed by atoms with Gasteiger partial charge in [-0.2, -0.15) is 0 Å². The standard InChI is InChI=1S/C11H19N3O2/c1-7(2)10(11(15)16-4)14-6-13-5-9(14)8(3)12/h5-8,10H,12H2,1-4H3/t8-,10?/m0/s1. The molecule has 1 aromatic heterocycles. The third-order valence-electron chi connectivity index (χ3n) is 2.54. The van der Waals surface area contributed by atoms with Gasteiger partial charge in [0.15, 0.2) is 0 Å². The van der Waals surface area contributed by atoms with E-state index in [4.69, 9.17) is 10.5 Å². The molecule has 5 nitrogen and oxygen atoms in total. The highest BCUT2D eigenvalue weighted by Crippen LogP contribution is 2.23. The summed E-state index contributed by atoms with van der Waals surface area (Å²) in [6, 6.07) is -0.526. The molecule has 0 bridgehead atoms. The van der Waals surface area contributed by atoms with Crippen molar-refractivity contribution in [3.8, 4) is 0 Å². The Bertz CT molecular complexity index is 358. The fourth-order valence-electron chi connectivity index (χ4n) is 1.73. The van der Waals surface area contributed by atoms with Gasteiger partial charge in [-0.05, 0) is 12.8 Å². The van der Waals surface area contributed by atoms with Crippen molar-refractivity contribution in [3.63, 3.8) is 0 Å². The Morgan fingerprint density at radius 3 is 2.56 bits per heavy atom. The maximum Gasteiger partial charge on any atom is 0.329 e. The monoisotopic (exact) mass is 225 g/mol. The normalized spacial score (nSPS) is 14.9. The molecule has 0 radical (unpaired) electrons. The molecule has 0 saturated carbocycles. The number of hydrogen-bond donors (Lipinski definition) is 1. The van der Waals surface area contributed by atoms with Crippen LogP contribution in [-0.4, -0.2) is 22.6 Å².